The van der Waals surface area contributed by atoms with E-state index in [2.05, 4.69) is 60.5 Å². The largest absolute Gasteiger partial charge is 0.494 e. The molecular weight excluding hydrogens is 350 g/mol. The minimum atomic E-state index is 0.222. The van der Waals surface area contributed by atoms with Crippen LogP contribution in [-0.2, 0) is 13.0 Å². The Balaban J connectivity index is 1.46. The van der Waals surface area contributed by atoms with E-state index in [1.54, 1.807) is 6.20 Å². The Hall–Kier alpha value is -2.79. The van der Waals surface area contributed by atoms with Gasteiger partial charge in [-0.3, -0.25) is 0 Å². The Morgan fingerprint density at radius 1 is 1.29 bits per heavy atom. The molecule has 2 unspecified atom stereocenters. The molecule has 2 aromatic carbocycles. The average molecular weight is 377 g/mol. The van der Waals surface area contributed by atoms with E-state index >= 15 is 0 Å². The van der Waals surface area contributed by atoms with Gasteiger partial charge in [-0.25, -0.2) is 4.98 Å². The van der Waals surface area contributed by atoms with Gasteiger partial charge in [0, 0.05) is 48.2 Å². The minimum absolute atomic E-state index is 0.222. The lowest BCUT2D eigenvalue weighted by Gasteiger charge is -2.18. The molecule has 0 amide bonds. The van der Waals surface area contributed by atoms with Crippen molar-refractivity contribution in [2.75, 3.05) is 6.61 Å². The summed E-state index contributed by atoms with van der Waals surface area (Å²) in [6.45, 7) is 7.69. The SMILES string of the molecule is CCOc1cc2c(cc1CNC(C)c1ccc(-n3ccnc3)cc1)OC(C)C2. The maximum Gasteiger partial charge on any atom is 0.124 e. The Morgan fingerprint density at radius 3 is 2.82 bits per heavy atom. The molecule has 1 aliphatic heterocycles. The fourth-order valence-electron chi connectivity index (χ4n) is 3.64. The Morgan fingerprint density at radius 2 is 2.11 bits per heavy atom. The van der Waals surface area contributed by atoms with E-state index in [0.29, 0.717) is 6.61 Å². The van der Waals surface area contributed by atoms with Crippen molar-refractivity contribution >= 4 is 0 Å². The highest BCUT2D eigenvalue weighted by Gasteiger charge is 2.22. The first kappa shape index (κ1) is 18.6. The van der Waals surface area contributed by atoms with Crippen molar-refractivity contribution in [3.8, 4) is 17.2 Å². The summed E-state index contributed by atoms with van der Waals surface area (Å²) < 4.78 is 13.8. The second-order valence-corrected chi connectivity index (χ2v) is 7.30. The third-order valence-electron chi connectivity index (χ3n) is 5.17. The summed E-state index contributed by atoms with van der Waals surface area (Å²) in [6, 6.07) is 13.0. The van der Waals surface area contributed by atoms with Crippen molar-refractivity contribution in [2.45, 2.75) is 45.9 Å². The van der Waals surface area contributed by atoms with Gasteiger partial charge in [-0.1, -0.05) is 12.1 Å². The Labute approximate surface area is 166 Å². The highest BCUT2D eigenvalue weighted by molar-refractivity contribution is 5.48. The highest BCUT2D eigenvalue weighted by atomic mass is 16.5. The number of rotatable bonds is 7. The smallest absolute Gasteiger partial charge is 0.124 e. The molecule has 0 spiro atoms. The van der Waals surface area contributed by atoms with Crippen molar-refractivity contribution in [1.82, 2.24) is 14.9 Å². The minimum Gasteiger partial charge on any atom is -0.494 e. The zero-order valence-corrected chi connectivity index (χ0v) is 16.7. The van der Waals surface area contributed by atoms with Crippen LogP contribution in [0.25, 0.3) is 5.69 Å². The Kier molecular flexibility index (Phi) is 5.35. The van der Waals surface area contributed by atoms with E-state index in [-0.39, 0.29) is 12.1 Å². The number of nitrogens with zero attached hydrogens (tertiary/aromatic N) is 2. The summed E-state index contributed by atoms with van der Waals surface area (Å²) in [5.41, 5.74) is 4.73. The van der Waals surface area contributed by atoms with E-state index in [0.717, 1.165) is 35.7 Å². The maximum absolute atomic E-state index is 5.93. The van der Waals surface area contributed by atoms with Crippen LogP contribution in [0.5, 0.6) is 11.5 Å². The molecule has 28 heavy (non-hydrogen) atoms. The third-order valence-corrected chi connectivity index (χ3v) is 5.17. The number of hydrogen-bond acceptors (Lipinski definition) is 4. The van der Waals surface area contributed by atoms with Gasteiger partial charge in [0.05, 0.1) is 12.9 Å². The fourth-order valence-corrected chi connectivity index (χ4v) is 3.64. The van der Waals surface area contributed by atoms with Crippen LogP contribution in [-0.4, -0.2) is 22.3 Å². The fraction of sp³-hybridized carbons (Fsp3) is 0.348. The molecule has 3 aromatic rings. The second-order valence-electron chi connectivity index (χ2n) is 7.30. The quantitative estimate of drug-likeness (QED) is 0.661. The van der Waals surface area contributed by atoms with E-state index in [9.17, 15) is 0 Å². The summed E-state index contributed by atoms with van der Waals surface area (Å²) in [4.78, 5) is 4.10. The first-order valence-corrected chi connectivity index (χ1v) is 9.91. The van der Waals surface area contributed by atoms with Gasteiger partial charge in [-0.05, 0) is 50.6 Å². The molecule has 1 aromatic heterocycles. The van der Waals surface area contributed by atoms with Gasteiger partial charge in [0.2, 0.25) is 0 Å². The molecule has 0 fully saturated rings. The summed E-state index contributed by atoms with van der Waals surface area (Å²) in [6.07, 6.45) is 6.73. The van der Waals surface area contributed by atoms with Crippen LogP contribution in [0.2, 0.25) is 0 Å². The van der Waals surface area contributed by atoms with Gasteiger partial charge in [-0.2, -0.15) is 0 Å². The van der Waals surface area contributed by atoms with Crippen molar-refractivity contribution in [3.63, 3.8) is 0 Å². The molecule has 146 valence electrons. The van der Waals surface area contributed by atoms with Crippen LogP contribution >= 0.6 is 0 Å². The lowest BCUT2D eigenvalue weighted by atomic mass is 10.0. The molecular formula is C23H27N3O2. The molecule has 0 aliphatic carbocycles. The maximum atomic E-state index is 5.93. The number of imidazole rings is 1. The van der Waals surface area contributed by atoms with Crippen LogP contribution in [0.3, 0.4) is 0 Å². The van der Waals surface area contributed by atoms with Gasteiger partial charge in [0.15, 0.2) is 0 Å². The number of aromatic nitrogens is 2. The summed E-state index contributed by atoms with van der Waals surface area (Å²) in [7, 11) is 0. The first-order chi connectivity index (χ1) is 13.6. The topological polar surface area (TPSA) is 48.3 Å². The number of hydrogen-bond donors (Lipinski definition) is 1. The third kappa shape index (κ3) is 3.90. The second kappa shape index (κ2) is 8.07. The molecule has 4 rings (SSSR count). The van der Waals surface area contributed by atoms with E-state index in [1.165, 1.54) is 11.1 Å². The monoisotopic (exact) mass is 377 g/mol. The van der Waals surface area contributed by atoms with Gasteiger partial charge >= 0.3 is 0 Å². The molecule has 1 N–H and O–H groups in total. The molecule has 5 nitrogen and oxygen atoms in total. The molecule has 2 atom stereocenters. The van der Waals surface area contributed by atoms with Gasteiger partial charge in [0.25, 0.3) is 0 Å². The molecule has 0 radical (unpaired) electrons. The van der Waals surface area contributed by atoms with Crippen LogP contribution in [0.4, 0.5) is 0 Å². The lowest BCUT2D eigenvalue weighted by Crippen LogP contribution is -2.18. The molecule has 5 heteroatoms. The predicted molar refractivity (Wildman–Crippen MR) is 110 cm³/mol. The van der Waals surface area contributed by atoms with Crippen molar-refractivity contribution in [1.29, 1.82) is 0 Å². The average Bonchev–Trinajstić information content (AvgIpc) is 3.35. The number of nitrogens with one attached hydrogen (secondary N) is 1. The first-order valence-electron chi connectivity index (χ1n) is 9.91. The van der Waals surface area contributed by atoms with E-state index in [1.807, 2.05) is 24.0 Å². The molecule has 2 heterocycles. The van der Waals surface area contributed by atoms with Crippen LogP contribution in [0.15, 0.2) is 55.1 Å². The zero-order valence-electron chi connectivity index (χ0n) is 16.7. The van der Waals surface area contributed by atoms with Crippen molar-refractivity contribution < 1.29 is 9.47 Å². The van der Waals surface area contributed by atoms with E-state index < -0.39 is 0 Å². The Bertz CT molecular complexity index is 920. The van der Waals surface area contributed by atoms with E-state index in [4.69, 9.17) is 9.47 Å². The molecule has 1 aliphatic rings. The highest BCUT2D eigenvalue weighted by Crippen LogP contribution is 2.35. The standard InChI is InChI=1S/C23H27N3O2/c1-4-27-22-12-19-11-16(2)28-23(19)13-20(22)14-25-17(3)18-5-7-21(8-6-18)26-10-9-24-15-26/h5-10,12-13,15-17,25H,4,11,14H2,1-3H3. The van der Waals surface area contributed by atoms with Crippen molar-refractivity contribution in [3.05, 3.63) is 71.8 Å². The number of benzene rings is 2. The van der Waals surface area contributed by atoms with Crippen LogP contribution in [0, 0.1) is 0 Å². The number of fused-ring (bicyclic) bond motifs is 1. The lowest BCUT2D eigenvalue weighted by molar-refractivity contribution is 0.254. The zero-order chi connectivity index (χ0) is 19.5. The van der Waals surface area contributed by atoms with Gasteiger partial charge < -0.3 is 19.4 Å². The van der Waals surface area contributed by atoms with Gasteiger partial charge in [-0.15, -0.1) is 0 Å². The van der Waals surface area contributed by atoms with Crippen LogP contribution < -0.4 is 14.8 Å². The van der Waals surface area contributed by atoms with Crippen molar-refractivity contribution in [2.24, 2.45) is 0 Å². The normalized spacial score (nSPS) is 16.5. The summed E-state index contributed by atoms with van der Waals surface area (Å²) >= 11 is 0. The molecule has 0 bridgehead atoms. The predicted octanol–water partition coefficient (Wildman–Crippen LogP) is 4.45. The van der Waals surface area contributed by atoms with Crippen LogP contribution in [0.1, 0.15) is 43.5 Å². The summed E-state index contributed by atoms with van der Waals surface area (Å²) in [5, 5.41) is 3.62. The number of ether oxygens (including phenoxy) is 2. The van der Waals surface area contributed by atoms with Gasteiger partial charge in [0.1, 0.15) is 17.6 Å². The molecule has 0 saturated heterocycles. The molecule has 0 saturated carbocycles. The summed E-state index contributed by atoms with van der Waals surface area (Å²) in [5.74, 6) is 1.94.